The lowest BCUT2D eigenvalue weighted by molar-refractivity contribution is 0.0943. The number of pyridine rings is 1. The lowest BCUT2D eigenvalue weighted by Crippen LogP contribution is -2.30. The van der Waals surface area contributed by atoms with E-state index >= 15 is 0 Å². The minimum atomic E-state index is -0.0542. The molecule has 92 valence electrons. The molecule has 1 heterocycles. The van der Waals surface area contributed by atoms with E-state index in [1.165, 1.54) is 25.7 Å². The average molecular weight is 233 g/mol. The van der Waals surface area contributed by atoms with Gasteiger partial charge < -0.3 is 11.1 Å². The third kappa shape index (κ3) is 2.96. The molecule has 1 aromatic heterocycles. The van der Waals surface area contributed by atoms with Gasteiger partial charge in [0.1, 0.15) is 5.82 Å². The molecule has 0 aromatic carbocycles. The molecular formula is C13H19N3O. The predicted octanol–water partition coefficient (Wildman–Crippen LogP) is 1.97. The third-order valence-electron chi connectivity index (χ3n) is 3.40. The first-order valence-electron chi connectivity index (χ1n) is 6.15. The van der Waals surface area contributed by atoms with Gasteiger partial charge in [0.2, 0.25) is 0 Å². The van der Waals surface area contributed by atoms with Crippen LogP contribution in [0.2, 0.25) is 0 Å². The maximum Gasteiger partial charge on any atom is 0.251 e. The number of nitrogens with two attached hydrogens (primary N) is 1. The van der Waals surface area contributed by atoms with E-state index in [-0.39, 0.29) is 5.91 Å². The molecule has 0 aliphatic heterocycles. The van der Waals surface area contributed by atoms with E-state index in [9.17, 15) is 4.79 Å². The highest BCUT2D eigenvalue weighted by Crippen LogP contribution is 2.48. The number of aromatic nitrogens is 1. The number of anilines is 1. The third-order valence-corrected chi connectivity index (χ3v) is 3.40. The van der Waals surface area contributed by atoms with Gasteiger partial charge in [0.15, 0.2) is 0 Å². The van der Waals surface area contributed by atoms with Crippen LogP contribution in [0.3, 0.4) is 0 Å². The van der Waals surface area contributed by atoms with Gasteiger partial charge in [-0.1, -0.05) is 13.3 Å². The Balaban J connectivity index is 1.90. The van der Waals surface area contributed by atoms with Crippen molar-refractivity contribution >= 4 is 11.7 Å². The second-order valence-corrected chi connectivity index (χ2v) is 4.90. The van der Waals surface area contributed by atoms with E-state index < -0.39 is 0 Å². The molecule has 2 rings (SSSR count). The number of amides is 1. The van der Waals surface area contributed by atoms with Crippen molar-refractivity contribution in [3.63, 3.8) is 0 Å². The van der Waals surface area contributed by atoms with Crippen molar-refractivity contribution < 1.29 is 4.79 Å². The molecule has 1 aromatic rings. The van der Waals surface area contributed by atoms with E-state index in [0.29, 0.717) is 16.8 Å². The topological polar surface area (TPSA) is 68.0 Å². The van der Waals surface area contributed by atoms with Gasteiger partial charge in [-0.25, -0.2) is 4.98 Å². The van der Waals surface area contributed by atoms with Crippen LogP contribution in [0.15, 0.2) is 18.3 Å². The average Bonchev–Trinajstić information content (AvgIpc) is 3.07. The lowest BCUT2D eigenvalue weighted by Gasteiger charge is -2.14. The Bertz CT molecular complexity index is 413. The van der Waals surface area contributed by atoms with Crippen LogP contribution in [0.25, 0.3) is 0 Å². The second-order valence-electron chi connectivity index (χ2n) is 4.90. The molecule has 1 amide bonds. The summed E-state index contributed by atoms with van der Waals surface area (Å²) in [5.41, 5.74) is 6.51. The van der Waals surface area contributed by atoms with Crippen molar-refractivity contribution in [1.29, 1.82) is 0 Å². The molecule has 0 atom stereocenters. The van der Waals surface area contributed by atoms with Crippen LogP contribution in [0, 0.1) is 5.41 Å². The summed E-state index contributed by atoms with van der Waals surface area (Å²) in [6, 6.07) is 3.29. The Hall–Kier alpha value is -1.58. The fourth-order valence-corrected chi connectivity index (χ4v) is 2.18. The van der Waals surface area contributed by atoms with Crippen LogP contribution in [0.4, 0.5) is 5.82 Å². The Labute approximate surface area is 102 Å². The van der Waals surface area contributed by atoms with Crippen molar-refractivity contribution in [2.75, 3.05) is 12.3 Å². The normalized spacial score (nSPS) is 16.5. The number of nitrogen functional groups attached to an aromatic ring is 1. The molecule has 0 saturated heterocycles. The van der Waals surface area contributed by atoms with Crippen LogP contribution in [0.1, 0.15) is 43.0 Å². The first kappa shape index (κ1) is 11.9. The van der Waals surface area contributed by atoms with Crippen LogP contribution in [-0.2, 0) is 0 Å². The molecule has 3 N–H and O–H groups in total. The number of hydrogen-bond acceptors (Lipinski definition) is 3. The molecule has 17 heavy (non-hydrogen) atoms. The standard InChI is InChI=1S/C13H19N3O/c1-2-4-13(5-6-13)9-16-12(17)10-3-7-15-11(14)8-10/h3,7-8H,2,4-6,9H2,1H3,(H2,14,15)(H,16,17). The molecule has 4 heteroatoms. The number of rotatable bonds is 5. The van der Waals surface area contributed by atoms with Gasteiger partial charge in [0.05, 0.1) is 0 Å². The maximum absolute atomic E-state index is 11.9. The molecule has 4 nitrogen and oxygen atoms in total. The first-order valence-corrected chi connectivity index (χ1v) is 6.15. The predicted molar refractivity (Wildman–Crippen MR) is 67.6 cm³/mol. The van der Waals surface area contributed by atoms with E-state index in [1.807, 2.05) is 0 Å². The SMILES string of the molecule is CCCC1(CNC(=O)c2ccnc(N)c2)CC1. The van der Waals surface area contributed by atoms with Crippen molar-refractivity contribution in [3.05, 3.63) is 23.9 Å². The summed E-state index contributed by atoms with van der Waals surface area (Å²) in [6.45, 7) is 2.97. The Kier molecular flexibility index (Phi) is 3.31. The Morgan fingerprint density at radius 3 is 2.94 bits per heavy atom. The zero-order valence-electron chi connectivity index (χ0n) is 10.2. The molecule has 1 aliphatic carbocycles. The number of carbonyl (C=O) groups is 1. The molecule has 0 spiro atoms. The van der Waals surface area contributed by atoms with Crippen LogP contribution >= 0.6 is 0 Å². The summed E-state index contributed by atoms with van der Waals surface area (Å²) >= 11 is 0. The summed E-state index contributed by atoms with van der Waals surface area (Å²) in [7, 11) is 0. The number of nitrogens with zero attached hydrogens (tertiary/aromatic N) is 1. The Morgan fingerprint density at radius 2 is 2.35 bits per heavy atom. The number of carbonyl (C=O) groups excluding carboxylic acids is 1. The summed E-state index contributed by atoms with van der Waals surface area (Å²) in [4.78, 5) is 15.8. The highest BCUT2D eigenvalue weighted by molar-refractivity contribution is 5.94. The smallest absolute Gasteiger partial charge is 0.251 e. The fraction of sp³-hybridized carbons (Fsp3) is 0.538. The van der Waals surface area contributed by atoms with Crippen molar-refractivity contribution in [3.8, 4) is 0 Å². The largest absolute Gasteiger partial charge is 0.384 e. The molecule has 1 saturated carbocycles. The Morgan fingerprint density at radius 1 is 1.59 bits per heavy atom. The van der Waals surface area contributed by atoms with E-state index in [0.717, 1.165) is 6.54 Å². The first-order chi connectivity index (χ1) is 8.15. The van der Waals surface area contributed by atoms with Crippen molar-refractivity contribution in [2.45, 2.75) is 32.6 Å². The van der Waals surface area contributed by atoms with Gasteiger partial charge >= 0.3 is 0 Å². The van der Waals surface area contributed by atoms with Gasteiger partial charge in [-0.05, 0) is 36.8 Å². The number of hydrogen-bond donors (Lipinski definition) is 2. The quantitative estimate of drug-likeness (QED) is 0.817. The summed E-state index contributed by atoms with van der Waals surface area (Å²) in [6.07, 6.45) is 6.41. The van der Waals surface area contributed by atoms with Crippen LogP contribution in [-0.4, -0.2) is 17.4 Å². The van der Waals surface area contributed by atoms with Crippen molar-refractivity contribution in [1.82, 2.24) is 10.3 Å². The second kappa shape index (κ2) is 4.73. The van der Waals surface area contributed by atoms with Gasteiger partial charge in [-0.3, -0.25) is 4.79 Å². The van der Waals surface area contributed by atoms with E-state index in [2.05, 4.69) is 17.2 Å². The lowest BCUT2D eigenvalue weighted by atomic mass is 10.0. The van der Waals surface area contributed by atoms with Gasteiger partial charge in [0, 0.05) is 18.3 Å². The summed E-state index contributed by atoms with van der Waals surface area (Å²) in [5.74, 6) is 0.328. The zero-order chi connectivity index (χ0) is 12.3. The molecule has 1 fully saturated rings. The highest BCUT2D eigenvalue weighted by atomic mass is 16.1. The van der Waals surface area contributed by atoms with Gasteiger partial charge in [0.25, 0.3) is 5.91 Å². The van der Waals surface area contributed by atoms with Gasteiger partial charge in [-0.15, -0.1) is 0 Å². The highest BCUT2D eigenvalue weighted by Gasteiger charge is 2.41. The van der Waals surface area contributed by atoms with Gasteiger partial charge in [-0.2, -0.15) is 0 Å². The fourth-order valence-electron chi connectivity index (χ4n) is 2.18. The van der Waals surface area contributed by atoms with Crippen molar-refractivity contribution in [2.24, 2.45) is 5.41 Å². The van der Waals surface area contributed by atoms with E-state index in [4.69, 9.17) is 5.73 Å². The summed E-state index contributed by atoms with van der Waals surface area (Å²) < 4.78 is 0. The van der Waals surface area contributed by atoms with E-state index in [1.54, 1.807) is 18.3 Å². The molecule has 0 unspecified atom stereocenters. The van der Waals surface area contributed by atoms with Crippen LogP contribution < -0.4 is 11.1 Å². The summed E-state index contributed by atoms with van der Waals surface area (Å²) in [5, 5.41) is 2.99. The maximum atomic E-state index is 11.9. The zero-order valence-corrected chi connectivity index (χ0v) is 10.2. The molecule has 0 radical (unpaired) electrons. The van der Waals surface area contributed by atoms with Crippen LogP contribution in [0.5, 0.6) is 0 Å². The number of nitrogens with one attached hydrogen (secondary N) is 1. The monoisotopic (exact) mass is 233 g/mol. The minimum absolute atomic E-state index is 0.0542. The molecule has 1 aliphatic rings. The molecule has 0 bridgehead atoms. The molecular weight excluding hydrogens is 214 g/mol. The minimum Gasteiger partial charge on any atom is -0.384 e.